The average Bonchev–Trinajstić information content (AvgIpc) is 2.69. The van der Waals surface area contributed by atoms with Crippen LogP contribution in [0.1, 0.15) is 41.3 Å². The molecule has 0 radical (unpaired) electrons. The van der Waals surface area contributed by atoms with E-state index in [1.165, 1.54) is 5.56 Å². The number of carbonyl (C=O) groups excluding carboxylic acids is 1. The lowest BCUT2D eigenvalue weighted by Gasteiger charge is -2.14. The van der Waals surface area contributed by atoms with E-state index in [0.29, 0.717) is 28.6 Å². The van der Waals surface area contributed by atoms with Crippen molar-refractivity contribution in [3.8, 4) is 6.07 Å². The Morgan fingerprint density at radius 2 is 1.74 bits per heavy atom. The van der Waals surface area contributed by atoms with Crippen LogP contribution in [0.3, 0.4) is 0 Å². The van der Waals surface area contributed by atoms with E-state index in [0.717, 1.165) is 5.69 Å². The van der Waals surface area contributed by atoms with E-state index in [9.17, 15) is 4.79 Å². The van der Waals surface area contributed by atoms with Crippen LogP contribution in [0.2, 0.25) is 0 Å². The molecule has 27 heavy (non-hydrogen) atoms. The van der Waals surface area contributed by atoms with E-state index >= 15 is 0 Å². The zero-order valence-electron chi connectivity index (χ0n) is 15.2. The molecule has 1 heterocycles. The molecule has 0 saturated carbocycles. The maximum atomic E-state index is 12.6. The fourth-order valence-corrected chi connectivity index (χ4v) is 2.78. The van der Waals surface area contributed by atoms with Gasteiger partial charge in [-0.05, 0) is 41.8 Å². The first-order chi connectivity index (χ1) is 13.1. The normalized spacial score (nSPS) is 10.3. The molecule has 0 atom stereocenters. The summed E-state index contributed by atoms with van der Waals surface area (Å²) in [5.74, 6) is 0.660. The summed E-state index contributed by atoms with van der Waals surface area (Å²) in [5, 5.41) is 15.2. The van der Waals surface area contributed by atoms with Gasteiger partial charge in [0.1, 0.15) is 11.9 Å². The Kier molecular flexibility index (Phi) is 5.48. The summed E-state index contributed by atoms with van der Waals surface area (Å²) in [6.45, 7) is 4.26. The second-order valence-electron chi connectivity index (χ2n) is 6.41. The number of nitriles is 1. The monoisotopic (exact) mass is 356 g/mol. The smallest absolute Gasteiger partial charge is 0.255 e. The van der Waals surface area contributed by atoms with Gasteiger partial charge >= 0.3 is 0 Å². The molecule has 0 unspecified atom stereocenters. The van der Waals surface area contributed by atoms with Crippen LogP contribution in [0.15, 0.2) is 66.9 Å². The SMILES string of the molecule is CC(C)c1ccccc1Nc1cc(C(=O)Nc2ccccc2C#N)ccn1. The molecule has 0 bridgehead atoms. The Morgan fingerprint density at radius 3 is 2.48 bits per heavy atom. The molecule has 3 rings (SSSR count). The number of pyridine rings is 1. The van der Waals surface area contributed by atoms with Crippen molar-refractivity contribution < 1.29 is 4.79 Å². The third-order valence-electron chi connectivity index (χ3n) is 4.16. The van der Waals surface area contributed by atoms with Crippen LogP contribution in [0.25, 0.3) is 0 Å². The second kappa shape index (κ2) is 8.15. The van der Waals surface area contributed by atoms with Gasteiger partial charge in [-0.15, -0.1) is 0 Å². The Hall–Kier alpha value is -3.65. The Morgan fingerprint density at radius 1 is 1.04 bits per heavy atom. The third kappa shape index (κ3) is 4.31. The van der Waals surface area contributed by atoms with Crippen molar-refractivity contribution in [1.82, 2.24) is 4.98 Å². The molecular formula is C22H20N4O. The predicted molar refractivity (Wildman–Crippen MR) is 107 cm³/mol. The molecule has 1 amide bonds. The minimum atomic E-state index is -0.291. The largest absolute Gasteiger partial charge is 0.340 e. The Labute approximate surface area is 158 Å². The first kappa shape index (κ1) is 18.2. The predicted octanol–water partition coefficient (Wildman–Crippen LogP) is 5.07. The van der Waals surface area contributed by atoms with Crippen LogP contribution in [-0.2, 0) is 0 Å². The number of amides is 1. The van der Waals surface area contributed by atoms with Crippen molar-refractivity contribution in [3.05, 3.63) is 83.6 Å². The number of carbonyl (C=O) groups is 1. The number of nitrogens with one attached hydrogen (secondary N) is 2. The summed E-state index contributed by atoms with van der Waals surface area (Å²) in [5.41, 5.74) is 3.51. The molecule has 2 N–H and O–H groups in total. The summed E-state index contributed by atoms with van der Waals surface area (Å²) in [6.07, 6.45) is 1.59. The fourth-order valence-electron chi connectivity index (χ4n) is 2.78. The van der Waals surface area contributed by atoms with Crippen LogP contribution >= 0.6 is 0 Å². The highest BCUT2D eigenvalue weighted by atomic mass is 16.1. The van der Waals surface area contributed by atoms with Gasteiger partial charge in [0, 0.05) is 17.4 Å². The maximum absolute atomic E-state index is 12.6. The van der Waals surface area contributed by atoms with Gasteiger partial charge in [-0.2, -0.15) is 5.26 Å². The van der Waals surface area contributed by atoms with Gasteiger partial charge < -0.3 is 10.6 Å². The van der Waals surface area contributed by atoms with E-state index in [4.69, 9.17) is 5.26 Å². The van der Waals surface area contributed by atoms with Crippen LogP contribution in [0, 0.1) is 11.3 Å². The summed E-state index contributed by atoms with van der Waals surface area (Å²) < 4.78 is 0. The molecule has 3 aromatic rings. The minimum Gasteiger partial charge on any atom is -0.340 e. The third-order valence-corrected chi connectivity index (χ3v) is 4.16. The minimum absolute atomic E-state index is 0.291. The van der Waals surface area contributed by atoms with Crippen LogP contribution < -0.4 is 10.6 Å². The summed E-state index contributed by atoms with van der Waals surface area (Å²) in [6, 6.07) is 20.3. The molecule has 0 fully saturated rings. The molecule has 0 aliphatic heterocycles. The first-order valence-corrected chi connectivity index (χ1v) is 8.71. The highest BCUT2D eigenvalue weighted by Crippen LogP contribution is 2.26. The maximum Gasteiger partial charge on any atom is 0.255 e. The zero-order chi connectivity index (χ0) is 19.2. The van der Waals surface area contributed by atoms with Gasteiger partial charge in [0.05, 0.1) is 11.3 Å². The lowest BCUT2D eigenvalue weighted by molar-refractivity contribution is 0.102. The van der Waals surface area contributed by atoms with Gasteiger partial charge in [-0.1, -0.05) is 44.2 Å². The molecule has 5 heteroatoms. The molecule has 0 aliphatic carbocycles. The Balaban J connectivity index is 1.82. The molecule has 0 spiro atoms. The van der Waals surface area contributed by atoms with E-state index in [1.54, 1.807) is 42.6 Å². The lowest BCUT2D eigenvalue weighted by Crippen LogP contribution is -2.13. The molecule has 2 aromatic carbocycles. The molecule has 0 aliphatic rings. The van der Waals surface area contributed by atoms with Crippen molar-refractivity contribution in [2.24, 2.45) is 0 Å². The van der Waals surface area contributed by atoms with E-state index in [-0.39, 0.29) is 5.91 Å². The molecule has 0 saturated heterocycles. The standard InChI is InChI=1S/C22H20N4O/c1-15(2)18-8-4-6-10-20(18)25-21-13-16(11-12-24-21)22(27)26-19-9-5-3-7-17(19)14-23/h3-13,15H,1-2H3,(H,24,25)(H,26,27). The highest BCUT2D eigenvalue weighted by Gasteiger charge is 2.11. The van der Waals surface area contributed by atoms with Crippen molar-refractivity contribution in [2.45, 2.75) is 19.8 Å². The van der Waals surface area contributed by atoms with Crippen LogP contribution in [0.4, 0.5) is 17.2 Å². The van der Waals surface area contributed by atoms with Crippen LogP contribution in [0.5, 0.6) is 0 Å². The molecular weight excluding hydrogens is 336 g/mol. The topological polar surface area (TPSA) is 77.8 Å². The quantitative estimate of drug-likeness (QED) is 0.669. The second-order valence-corrected chi connectivity index (χ2v) is 6.41. The van der Waals surface area contributed by atoms with Crippen molar-refractivity contribution in [2.75, 3.05) is 10.6 Å². The zero-order valence-corrected chi connectivity index (χ0v) is 15.2. The summed E-state index contributed by atoms with van der Waals surface area (Å²) in [7, 11) is 0. The van der Waals surface area contributed by atoms with E-state index < -0.39 is 0 Å². The van der Waals surface area contributed by atoms with Gasteiger partial charge in [-0.25, -0.2) is 4.98 Å². The average molecular weight is 356 g/mol. The number of aromatic nitrogens is 1. The fraction of sp³-hybridized carbons (Fsp3) is 0.136. The number of hydrogen-bond acceptors (Lipinski definition) is 4. The number of nitrogens with zero attached hydrogens (tertiary/aromatic N) is 2. The van der Waals surface area contributed by atoms with E-state index in [2.05, 4.69) is 41.6 Å². The first-order valence-electron chi connectivity index (χ1n) is 8.71. The highest BCUT2D eigenvalue weighted by molar-refractivity contribution is 6.05. The van der Waals surface area contributed by atoms with E-state index in [1.807, 2.05) is 18.2 Å². The Bertz CT molecular complexity index is 1000. The molecule has 134 valence electrons. The molecule has 1 aromatic heterocycles. The van der Waals surface area contributed by atoms with Crippen molar-refractivity contribution in [1.29, 1.82) is 5.26 Å². The molecule has 5 nitrogen and oxygen atoms in total. The van der Waals surface area contributed by atoms with Gasteiger partial charge in [0.15, 0.2) is 0 Å². The number of rotatable bonds is 5. The summed E-state index contributed by atoms with van der Waals surface area (Å²) >= 11 is 0. The number of benzene rings is 2. The van der Waals surface area contributed by atoms with Crippen molar-refractivity contribution >= 4 is 23.1 Å². The number of para-hydroxylation sites is 2. The number of hydrogen-bond donors (Lipinski definition) is 2. The summed E-state index contributed by atoms with van der Waals surface area (Å²) in [4.78, 5) is 16.9. The van der Waals surface area contributed by atoms with Crippen LogP contribution in [-0.4, -0.2) is 10.9 Å². The van der Waals surface area contributed by atoms with Crippen molar-refractivity contribution in [3.63, 3.8) is 0 Å². The lowest BCUT2D eigenvalue weighted by atomic mass is 10.0. The van der Waals surface area contributed by atoms with Gasteiger partial charge in [0.2, 0.25) is 0 Å². The number of anilines is 3. The van der Waals surface area contributed by atoms with Gasteiger partial charge in [0.25, 0.3) is 5.91 Å². The van der Waals surface area contributed by atoms with Gasteiger partial charge in [-0.3, -0.25) is 4.79 Å².